The summed E-state index contributed by atoms with van der Waals surface area (Å²) in [6, 6.07) is 0. The lowest BCUT2D eigenvalue weighted by Crippen LogP contribution is -2.63. The number of ketones is 1. The molecule has 1 aliphatic heterocycles. The SMILES string of the molecule is CC(=O)OCC1OC(OC(C)C=CC2C(CO)=CC(=O)CC2(C)C)C(OC(C)=O)C(OC(C)=O)C1OC(C)=O. The fourth-order valence-electron chi connectivity index (χ4n) is 4.76. The Hall–Kier alpha value is -3.09. The Morgan fingerprint density at radius 1 is 1.00 bits per heavy atom. The predicted molar refractivity (Wildman–Crippen MR) is 134 cm³/mol. The molecule has 0 amide bonds. The molecule has 12 nitrogen and oxygen atoms in total. The molecule has 1 N–H and O–H groups in total. The number of aliphatic hydroxyl groups is 1. The van der Waals surface area contributed by atoms with Crippen LogP contribution in [0.2, 0.25) is 0 Å². The molecule has 12 heteroatoms. The van der Waals surface area contributed by atoms with E-state index in [0.717, 1.165) is 20.8 Å². The van der Waals surface area contributed by atoms with Crippen LogP contribution in [0.3, 0.4) is 0 Å². The molecule has 1 saturated heterocycles. The number of hydrogen-bond acceptors (Lipinski definition) is 12. The van der Waals surface area contributed by atoms with Gasteiger partial charge in [-0.1, -0.05) is 26.0 Å². The lowest BCUT2D eigenvalue weighted by molar-refractivity contribution is -0.312. The van der Waals surface area contributed by atoms with Gasteiger partial charge in [-0.3, -0.25) is 24.0 Å². The summed E-state index contributed by atoms with van der Waals surface area (Å²) in [6.45, 7) is 9.50. The van der Waals surface area contributed by atoms with Crippen molar-refractivity contribution in [3.63, 3.8) is 0 Å². The molecule has 7 atom stereocenters. The normalized spacial score (nSPS) is 29.2. The molecule has 7 unspecified atom stereocenters. The van der Waals surface area contributed by atoms with E-state index in [0.29, 0.717) is 12.0 Å². The predicted octanol–water partition coefficient (Wildman–Crippen LogP) is 1.56. The molecular formula is C27H38O12. The topological polar surface area (TPSA) is 161 Å². The van der Waals surface area contributed by atoms with Crippen molar-refractivity contribution in [3.8, 4) is 0 Å². The van der Waals surface area contributed by atoms with Crippen molar-refractivity contribution in [2.24, 2.45) is 11.3 Å². The molecule has 0 spiro atoms. The largest absolute Gasteiger partial charge is 0.463 e. The van der Waals surface area contributed by atoms with E-state index in [1.807, 2.05) is 19.9 Å². The van der Waals surface area contributed by atoms with Gasteiger partial charge in [0.15, 0.2) is 30.4 Å². The maximum Gasteiger partial charge on any atom is 0.303 e. The highest BCUT2D eigenvalue weighted by Crippen LogP contribution is 2.40. The first-order valence-electron chi connectivity index (χ1n) is 12.6. The third kappa shape index (κ3) is 9.26. The monoisotopic (exact) mass is 554 g/mol. The van der Waals surface area contributed by atoms with Crippen LogP contribution >= 0.6 is 0 Å². The smallest absolute Gasteiger partial charge is 0.303 e. The Bertz CT molecular complexity index is 997. The Morgan fingerprint density at radius 2 is 1.56 bits per heavy atom. The highest BCUT2D eigenvalue weighted by molar-refractivity contribution is 5.92. The highest BCUT2D eigenvalue weighted by Gasteiger charge is 2.53. The number of esters is 4. The van der Waals surface area contributed by atoms with E-state index >= 15 is 0 Å². The maximum absolute atomic E-state index is 12.1. The van der Waals surface area contributed by atoms with Gasteiger partial charge in [-0.2, -0.15) is 0 Å². The molecule has 0 bridgehead atoms. The zero-order chi connectivity index (χ0) is 29.5. The third-order valence-electron chi connectivity index (χ3n) is 6.27. The summed E-state index contributed by atoms with van der Waals surface area (Å²) >= 11 is 0. The van der Waals surface area contributed by atoms with Gasteiger partial charge in [0.25, 0.3) is 0 Å². The summed E-state index contributed by atoms with van der Waals surface area (Å²) in [6.07, 6.45) is -1.77. The van der Waals surface area contributed by atoms with Crippen molar-refractivity contribution in [1.29, 1.82) is 0 Å². The molecule has 1 fully saturated rings. The number of rotatable bonds is 10. The quantitative estimate of drug-likeness (QED) is 0.236. The van der Waals surface area contributed by atoms with Crippen molar-refractivity contribution in [3.05, 3.63) is 23.8 Å². The molecule has 2 rings (SSSR count). The van der Waals surface area contributed by atoms with E-state index in [4.69, 9.17) is 28.4 Å². The molecule has 0 aromatic heterocycles. The number of hydrogen-bond donors (Lipinski definition) is 1. The van der Waals surface area contributed by atoms with E-state index in [1.54, 1.807) is 13.0 Å². The molecule has 2 aliphatic rings. The number of aliphatic hydroxyl groups excluding tert-OH is 1. The third-order valence-corrected chi connectivity index (χ3v) is 6.27. The van der Waals surface area contributed by atoms with E-state index in [9.17, 15) is 29.1 Å². The summed E-state index contributed by atoms with van der Waals surface area (Å²) in [5, 5.41) is 9.80. The van der Waals surface area contributed by atoms with Crippen LogP contribution < -0.4 is 0 Å². The lowest BCUT2D eigenvalue weighted by atomic mass is 9.68. The summed E-state index contributed by atoms with van der Waals surface area (Å²) in [5.41, 5.74) is 0.126. The Balaban J connectivity index is 2.38. The first-order chi connectivity index (χ1) is 18.1. The van der Waals surface area contributed by atoms with Gasteiger partial charge in [0.1, 0.15) is 12.7 Å². The summed E-state index contributed by atoms with van der Waals surface area (Å²) in [4.78, 5) is 59.3. The van der Waals surface area contributed by atoms with Crippen LogP contribution in [0.4, 0.5) is 0 Å². The fourth-order valence-corrected chi connectivity index (χ4v) is 4.76. The Kier molecular flexibility index (Phi) is 11.4. The van der Waals surface area contributed by atoms with Gasteiger partial charge in [0.2, 0.25) is 0 Å². The van der Waals surface area contributed by atoms with Gasteiger partial charge in [0.05, 0.1) is 12.7 Å². The molecule has 218 valence electrons. The van der Waals surface area contributed by atoms with E-state index in [-0.39, 0.29) is 24.9 Å². The van der Waals surface area contributed by atoms with Crippen molar-refractivity contribution >= 4 is 29.7 Å². The summed E-state index contributed by atoms with van der Waals surface area (Å²) in [7, 11) is 0. The number of allylic oxidation sites excluding steroid dienone is 2. The van der Waals surface area contributed by atoms with E-state index in [2.05, 4.69) is 0 Å². The van der Waals surface area contributed by atoms with Gasteiger partial charge in [-0.05, 0) is 24.0 Å². The second-order valence-electron chi connectivity index (χ2n) is 10.3. The van der Waals surface area contributed by atoms with Gasteiger partial charge in [-0.15, -0.1) is 0 Å². The van der Waals surface area contributed by atoms with Gasteiger partial charge in [-0.25, -0.2) is 0 Å². The second-order valence-corrected chi connectivity index (χ2v) is 10.3. The summed E-state index contributed by atoms with van der Waals surface area (Å²) in [5.74, 6) is -3.14. The minimum absolute atomic E-state index is 0.0597. The van der Waals surface area contributed by atoms with Crippen LogP contribution in [0, 0.1) is 11.3 Å². The summed E-state index contributed by atoms with van der Waals surface area (Å²) < 4.78 is 33.2. The first-order valence-corrected chi connectivity index (χ1v) is 12.6. The van der Waals surface area contributed by atoms with E-state index < -0.39 is 66.1 Å². The molecule has 1 aliphatic carbocycles. The zero-order valence-electron chi connectivity index (χ0n) is 23.3. The number of carbonyl (C=O) groups excluding carboxylic acids is 5. The van der Waals surface area contributed by atoms with Crippen LogP contribution in [0.25, 0.3) is 0 Å². The van der Waals surface area contributed by atoms with Crippen LogP contribution in [-0.4, -0.2) is 84.8 Å². The van der Waals surface area contributed by atoms with Crippen molar-refractivity contribution in [2.45, 2.75) is 91.7 Å². The van der Waals surface area contributed by atoms with Crippen LogP contribution in [-0.2, 0) is 52.4 Å². The minimum atomic E-state index is -1.34. The van der Waals surface area contributed by atoms with Crippen LogP contribution in [0.5, 0.6) is 0 Å². The average Bonchev–Trinajstić information content (AvgIpc) is 2.79. The van der Waals surface area contributed by atoms with Gasteiger partial charge < -0.3 is 33.5 Å². The van der Waals surface area contributed by atoms with Crippen molar-refractivity contribution < 1.29 is 57.5 Å². The minimum Gasteiger partial charge on any atom is -0.463 e. The first kappa shape index (κ1) is 32.1. The number of carbonyl (C=O) groups is 5. The fraction of sp³-hybridized carbons (Fsp3) is 0.667. The molecule has 0 saturated carbocycles. The second kappa shape index (κ2) is 13.8. The van der Waals surface area contributed by atoms with Crippen molar-refractivity contribution in [2.75, 3.05) is 13.2 Å². The standard InChI is InChI=1S/C27H38O12/c1-14(8-9-21-19(12-28)10-20(33)11-27(21,6)7)35-26-25(38-18(5)32)24(37-17(4)31)23(36-16(3)30)22(39-26)13-34-15(2)29/h8-10,14,21-26,28H,11-13H2,1-7H3. The lowest BCUT2D eigenvalue weighted by Gasteiger charge is -2.44. The number of ether oxygens (including phenoxy) is 6. The molecule has 1 heterocycles. The highest BCUT2D eigenvalue weighted by atomic mass is 16.7. The molecule has 39 heavy (non-hydrogen) atoms. The molecular weight excluding hydrogens is 516 g/mol. The molecule has 0 aromatic rings. The average molecular weight is 555 g/mol. The molecule has 0 aromatic carbocycles. The van der Waals surface area contributed by atoms with Crippen molar-refractivity contribution in [1.82, 2.24) is 0 Å². The molecule has 0 radical (unpaired) electrons. The van der Waals surface area contributed by atoms with Crippen LogP contribution in [0.15, 0.2) is 23.8 Å². The Morgan fingerprint density at radius 3 is 2.10 bits per heavy atom. The maximum atomic E-state index is 12.1. The van der Waals surface area contributed by atoms with Gasteiger partial charge in [0, 0.05) is 40.0 Å². The zero-order valence-corrected chi connectivity index (χ0v) is 23.3. The van der Waals surface area contributed by atoms with E-state index in [1.165, 1.54) is 13.0 Å². The van der Waals surface area contributed by atoms with Gasteiger partial charge >= 0.3 is 23.9 Å². The Labute approximate surface area is 227 Å². The van der Waals surface area contributed by atoms with Crippen LogP contribution in [0.1, 0.15) is 54.9 Å².